The second-order valence-corrected chi connectivity index (χ2v) is 6.67. The first-order valence-electron chi connectivity index (χ1n) is 7.43. The Labute approximate surface area is 121 Å². The van der Waals surface area contributed by atoms with Crippen LogP contribution in [0.2, 0.25) is 0 Å². The van der Waals surface area contributed by atoms with Gasteiger partial charge < -0.3 is 19.2 Å². The van der Waals surface area contributed by atoms with Gasteiger partial charge in [-0.1, -0.05) is 0 Å². The van der Waals surface area contributed by atoms with Crippen LogP contribution in [0.1, 0.15) is 44.3 Å². The van der Waals surface area contributed by atoms with Crippen LogP contribution < -0.4 is 5.32 Å². The molecule has 1 atom stereocenters. The summed E-state index contributed by atoms with van der Waals surface area (Å²) in [4.78, 5) is 0. The van der Waals surface area contributed by atoms with Gasteiger partial charge in [0, 0.05) is 18.1 Å². The Morgan fingerprint density at radius 2 is 2.20 bits per heavy atom. The Hall–Kier alpha value is -0.840. The highest BCUT2D eigenvalue weighted by Crippen LogP contribution is 2.18. The van der Waals surface area contributed by atoms with Gasteiger partial charge in [-0.2, -0.15) is 0 Å². The van der Waals surface area contributed by atoms with E-state index in [1.807, 2.05) is 0 Å². The van der Waals surface area contributed by atoms with Crippen LogP contribution in [0.5, 0.6) is 0 Å². The van der Waals surface area contributed by atoms with Gasteiger partial charge in [0.05, 0.1) is 19.8 Å². The Morgan fingerprint density at radius 1 is 1.40 bits per heavy atom. The average Bonchev–Trinajstić information content (AvgIpc) is 2.96. The van der Waals surface area contributed by atoms with Crippen LogP contribution in [-0.2, 0) is 22.6 Å². The molecular formula is C16H27NO3. The smallest absolute Gasteiger partial charge is 0.130 e. The molecule has 0 aliphatic carbocycles. The molecule has 1 N–H and O–H groups in total. The third-order valence-electron chi connectivity index (χ3n) is 3.47. The van der Waals surface area contributed by atoms with Gasteiger partial charge in [0.25, 0.3) is 0 Å². The second kappa shape index (κ2) is 6.74. The van der Waals surface area contributed by atoms with Gasteiger partial charge >= 0.3 is 0 Å². The Balaban J connectivity index is 1.77. The van der Waals surface area contributed by atoms with E-state index in [0.29, 0.717) is 12.5 Å². The third-order valence-corrected chi connectivity index (χ3v) is 3.47. The third kappa shape index (κ3) is 4.93. The van der Waals surface area contributed by atoms with Crippen molar-refractivity contribution < 1.29 is 13.9 Å². The fourth-order valence-electron chi connectivity index (χ4n) is 2.22. The van der Waals surface area contributed by atoms with Gasteiger partial charge in [0.1, 0.15) is 18.1 Å². The standard InChI is InChI=1S/C16H27NO3/c1-12-7-14(11-19-10-13-5-6-18-9-13)20-15(12)8-17-16(2,3)4/h7,13,17H,5-6,8-11H2,1-4H3. The van der Waals surface area contributed by atoms with E-state index >= 15 is 0 Å². The van der Waals surface area contributed by atoms with Crippen LogP contribution >= 0.6 is 0 Å². The largest absolute Gasteiger partial charge is 0.462 e. The molecule has 1 unspecified atom stereocenters. The van der Waals surface area contributed by atoms with Gasteiger partial charge in [-0.3, -0.25) is 0 Å². The summed E-state index contributed by atoms with van der Waals surface area (Å²) >= 11 is 0. The molecule has 0 amide bonds. The van der Waals surface area contributed by atoms with Crippen LogP contribution in [0.15, 0.2) is 10.5 Å². The molecule has 20 heavy (non-hydrogen) atoms. The van der Waals surface area contributed by atoms with Crippen molar-refractivity contribution in [2.45, 2.75) is 52.8 Å². The minimum atomic E-state index is 0.0956. The number of hydrogen-bond donors (Lipinski definition) is 1. The van der Waals surface area contributed by atoms with E-state index in [1.165, 1.54) is 5.56 Å². The van der Waals surface area contributed by atoms with Crippen LogP contribution in [0.4, 0.5) is 0 Å². The van der Waals surface area contributed by atoms with Crippen molar-refractivity contribution in [2.24, 2.45) is 5.92 Å². The van der Waals surface area contributed by atoms with Crippen molar-refractivity contribution in [3.05, 3.63) is 23.2 Å². The zero-order valence-corrected chi connectivity index (χ0v) is 13.1. The maximum absolute atomic E-state index is 5.86. The molecule has 2 rings (SSSR count). The van der Waals surface area contributed by atoms with Gasteiger partial charge in [-0.05, 0) is 45.7 Å². The SMILES string of the molecule is Cc1cc(COCC2CCOC2)oc1CNC(C)(C)C. The molecular weight excluding hydrogens is 254 g/mol. The number of furan rings is 1. The molecule has 0 bridgehead atoms. The molecule has 4 heteroatoms. The molecule has 1 aromatic heterocycles. The van der Waals surface area contributed by atoms with Crippen molar-refractivity contribution in [3.63, 3.8) is 0 Å². The molecule has 0 spiro atoms. The lowest BCUT2D eigenvalue weighted by molar-refractivity contribution is 0.0684. The van der Waals surface area contributed by atoms with Crippen molar-refractivity contribution in [1.29, 1.82) is 0 Å². The summed E-state index contributed by atoms with van der Waals surface area (Å²) in [6, 6.07) is 2.07. The fraction of sp³-hybridized carbons (Fsp3) is 0.750. The lowest BCUT2D eigenvalue weighted by atomic mass is 10.1. The summed E-state index contributed by atoms with van der Waals surface area (Å²) in [7, 11) is 0. The topological polar surface area (TPSA) is 43.6 Å². The minimum absolute atomic E-state index is 0.0956. The molecule has 1 aromatic rings. The molecule has 0 radical (unpaired) electrons. The first kappa shape index (κ1) is 15.5. The quantitative estimate of drug-likeness (QED) is 0.870. The number of nitrogens with one attached hydrogen (secondary N) is 1. The Morgan fingerprint density at radius 3 is 2.85 bits per heavy atom. The van der Waals surface area contributed by atoms with E-state index in [0.717, 1.165) is 44.3 Å². The highest BCUT2D eigenvalue weighted by atomic mass is 16.5. The molecule has 2 heterocycles. The molecule has 0 saturated carbocycles. The summed E-state index contributed by atoms with van der Waals surface area (Å²) in [5.74, 6) is 2.46. The number of hydrogen-bond acceptors (Lipinski definition) is 4. The molecule has 4 nitrogen and oxygen atoms in total. The van der Waals surface area contributed by atoms with Gasteiger partial charge in [0.2, 0.25) is 0 Å². The van der Waals surface area contributed by atoms with E-state index in [9.17, 15) is 0 Å². The van der Waals surface area contributed by atoms with Gasteiger partial charge in [-0.25, -0.2) is 0 Å². The predicted octanol–water partition coefficient (Wildman–Crippen LogP) is 3.03. The Kier molecular flexibility index (Phi) is 5.24. The molecule has 114 valence electrons. The first-order valence-corrected chi connectivity index (χ1v) is 7.43. The molecule has 0 aromatic carbocycles. The van der Waals surface area contributed by atoms with Crippen LogP contribution in [0.3, 0.4) is 0 Å². The number of aryl methyl sites for hydroxylation is 1. The maximum Gasteiger partial charge on any atom is 0.130 e. The van der Waals surface area contributed by atoms with Crippen molar-refractivity contribution in [1.82, 2.24) is 5.32 Å². The van der Waals surface area contributed by atoms with E-state index in [4.69, 9.17) is 13.9 Å². The highest BCUT2D eigenvalue weighted by molar-refractivity contribution is 5.19. The predicted molar refractivity (Wildman–Crippen MR) is 78.6 cm³/mol. The van der Waals surface area contributed by atoms with E-state index < -0.39 is 0 Å². The lowest BCUT2D eigenvalue weighted by Crippen LogP contribution is -2.35. The van der Waals surface area contributed by atoms with E-state index in [2.05, 4.69) is 39.1 Å². The van der Waals surface area contributed by atoms with Crippen molar-refractivity contribution in [2.75, 3.05) is 19.8 Å². The van der Waals surface area contributed by atoms with Crippen molar-refractivity contribution in [3.8, 4) is 0 Å². The molecule has 1 aliphatic heterocycles. The van der Waals surface area contributed by atoms with Crippen molar-refractivity contribution >= 4 is 0 Å². The summed E-state index contributed by atoms with van der Waals surface area (Å²) < 4.78 is 16.9. The van der Waals surface area contributed by atoms with Crippen LogP contribution in [-0.4, -0.2) is 25.4 Å². The zero-order chi connectivity index (χ0) is 14.6. The number of ether oxygens (including phenoxy) is 2. The summed E-state index contributed by atoms with van der Waals surface area (Å²) in [5, 5.41) is 3.44. The number of rotatable bonds is 6. The minimum Gasteiger partial charge on any atom is -0.462 e. The first-order chi connectivity index (χ1) is 9.44. The Bertz CT molecular complexity index is 414. The molecule has 1 fully saturated rings. The summed E-state index contributed by atoms with van der Waals surface area (Å²) in [5.41, 5.74) is 1.28. The van der Waals surface area contributed by atoms with Crippen LogP contribution in [0.25, 0.3) is 0 Å². The summed E-state index contributed by atoms with van der Waals surface area (Å²) in [6.45, 7) is 12.3. The van der Waals surface area contributed by atoms with E-state index in [-0.39, 0.29) is 5.54 Å². The zero-order valence-electron chi connectivity index (χ0n) is 13.1. The molecule has 1 saturated heterocycles. The van der Waals surface area contributed by atoms with E-state index in [1.54, 1.807) is 0 Å². The molecule has 1 aliphatic rings. The maximum atomic E-state index is 5.86. The highest BCUT2D eigenvalue weighted by Gasteiger charge is 2.16. The van der Waals surface area contributed by atoms with Gasteiger partial charge in [0.15, 0.2) is 0 Å². The van der Waals surface area contributed by atoms with Gasteiger partial charge in [-0.15, -0.1) is 0 Å². The average molecular weight is 281 g/mol. The monoisotopic (exact) mass is 281 g/mol. The normalized spacial score (nSPS) is 19.7. The second-order valence-electron chi connectivity index (χ2n) is 6.67. The summed E-state index contributed by atoms with van der Waals surface area (Å²) in [6.07, 6.45) is 1.11. The lowest BCUT2D eigenvalue weighted by Gasteiger charge is -2.19. The van der Waals surface area contributed by atoms with Crippen LogP contribution in [0, 0.1) is 12.8 Å². The fourth-order valence-corrected chi connectivity index (χ4v) is 2.22.